The molecule has 2 aromatic carbocycles. The summed E-state index contributed by atoms with van der Waals surface area (Å²) in [6.45, 7) is 1.51. The van der Waals surface area contributed by atoms with Gasteiger partial charge in [0.05, 0.1) is 10.9 Å². The van der Waals surface area contributed by atoms with E-state index in [0.717, 1.165) is 5.56 Å². The van der Waals surface area contributed by atoms with Crippen molar-refractivity contribution in [3.05, 3.63) is 59.7 Å². The number of sulfonamides is 1. The fraction of sp³-hybridized carbons (Fsp3) is 0.278. The topological polar surface area (TPSA) is 116 Å². The molecule has 1 amide bonds. The number of fused-ring (bicyclic) bond motifs is 1. The van der Waals surface area contributed by atoms with Gasteiger partial charge in [0, 0.05) is 13.1 Å². The maximum Gasteiger partial charge on any atom is 0.238 e. The fourth-order valence-corrected chi connectivity index (χ4v) is 3.61. The van der Waals surface area contributed by atoms with Crippen LogP contribution in [0.25, 0.3) is 0 Å². The molecule has 0 aromatic heterocycles. The quantitative estimate of drug-likeness (QED) is 0.768. The number of carbonyl (C=O) groups excluding carboxylic acids is 1. The predicted octanol–water partition coefficient (Wildman–Crippen LogP) is 0.625. The summed E-state index contributed by atoms with van der Waals surface area (Å²) < 4.78 is 28.2. The molecule has 0 bridgehead atoms. The van der Waals surface area contributed by atoms with E-state index in [1.54, 1.807) is 12.1 Å². The summed E-state index contributed by atoms with van der Waals surface area (Å²) >= 11 is 0. The van der Waals surface area contributed by atoms with Crippen molar-refractivity contribution in [1.29, 1.82) is 0 Å². The van der Waals surface area contributed by atoms with Crippen LogP contribution >= 0.6 is 0 Å². The number of primary amides is 1. The van der Waals surface area contributed by atoms with Gasteiger partial charge in [-0.1, -0.05) is 24.3 Å². The lowest BCUT2D eigenvalue weighted by molar-refractivity contribution is -0.123. The normalized spacial score (nSPS) is 17.5. The molecule has 0 spiro atoms. The van der Waals surface area contributed by atoms with Crippen LogP contribution in [0.1, 0.15) is 11.1 Å². The summed E-state index contributed by atoms with van der Waals surface area (Å²) in [5.41, 5.74) is 7.89. The van der Waals surface area contributed by atoms with E-state index in [1.165, 1.54) is 17.7 Å². The third-order valence-electron chi connectivity index (χ3n) is 4.47. The van der Waals surface area contributed by atoms with Crippen LogP contribution < -0.4 is 15.6 Å². The van der Waals surface area contributed by atoms with E-state index < -0.39 is 10.0 Å². The summed E-state index contributed by atoms with van der Waals surface area (Å²) in [4.78, 5) is 13.8. The van der Waals surface area contributed by atoms with Crippen LogP contribution in [0.3, 0.4) is 0 Å². The van der Waals surface area contributed by atoms with Gasteiger partial charge in [-0.15, -0.1) is 0 Å². The van der Waals surface area contributed by atoms with Crippen molar-refractivity contribution in [2.45, 2.75) is 23.9 Å². The van der Waals surface area contributed by atoms with Crippen LogP contribution in [0, 0.1) is 0 Å². The Morgan fingerprint density at radius 3 is 2.38 bits per heavy atom. The molecule has 0 unspecified atom stereocenters. The Morgan fingerprint density at radius 1 is 1.12 bits per heavy atom. The highest BCUT2D eigenvalue weighted by molar-refractivity contribution is 7.89. The van der Waals surface area contributed by atoms with E-state index in [0.29, 0.717) is 31.9 Å². The molecule has 1 aliphatic heterocycles. The Morgan fingerprint density at radius 2 is 1.77 bits per heavy atom. The van der Waals surface area contributed by atoms with Gasteiger partial charge >= 0.3 is 0 Å². The third-order valence-corrected chi connectivity index (χ3v) is 5.40. The maximum atomic E-state index is 11.8. The van der Waals surface area contributed by atoms with Crippen molar-refractivity contribution in [1.82, 2.24) is 4.90 Å². The summed E-state index contributed by atoms with van der Waals surface area (Å²) in [5.74, 6) is 0.183. The SMILES string of the molecule is NC(=O)[C@H]1Cc2ccccc2CN1CCOc1ccc(S(N)(=O)=O)cc1. The minimum atomic E-state index is -3.72. The number of nitrogens with two attached hydrogens (primary N) is 2. The predicted molar refractivity (Wildman–Crippen MR) is 96.8 cm³/mol. The van der Waals surface area contributed by atoms with Crippen molar-refractivity contribution in [2.24, 2.45) is 10.9 Å². The lowest BCUT2D eigenvalue weighted by Gasteiger charge is -2.34. The summed E-state index contributed by atoms with van der Waals surface area (Å²) in [5, 5.41) is 5.07. The highest BCUT2D eigenvalue weighted by Gasteiger charge is 2.29. The van der Waals surface area contributed by atoms with Gasteiger partial charge in [0.25, 0.3) is 0 Å². The Hall–Kier alpha value is -2.42. The molecule has 1 atom stereocenters. The smallest absolute Gasteiger partial charge is 0.238 e. The summed E-state index contributed by atoms with van der Waals surface area (Å²) in [6.07, 6.45) is 0.592. The second kappa shape index (κ2) is 7.45. The molecular formula is C18H21N3O4S. The number of nitrogens with zero attached hydrogens (tertiary/aromatic N) is 1. The molecule has 0 fully saturated rings. The van der Waals surface area contributed by atoms with Gasteiger partial charge in [0.15, 0.2) is 0 Å². The number of hydrogen-bond acceptors (Lipinski definition) is 5. The van der Waals surface area contributed by atoms with Gasteiger partial charge in [-0.05, 0) is 41.8 Å². The molecule has 26 heavy (non-hydrogen) atoms. The molecular weight excluding hydrogens is 354 g/mol. The molecule has 0 aliphatic carbocycles. The van der Waals surface area contributed by atoms with Crippen LogP contribution in [-0.2, 0) is 27.8 Å². The zero-order valence-electron chi connectivity index (χ0n) is 14.2. The van der Waals surface area contributed by atoms with Crippen molar-refractivity contribution < 1.29 is 17.9 Å². The van der Waals surface area contributed by atoms with Crippen molar-refractivity contribution in [2.75, 3.05) is 13.2 Å². The van der Waals surface area contributed by atoms with E-state index in [9.17, 15) is 13.2 Å². The first kappa shape index (κ1) is 18.4. The monoisotopic (exact) mass is 375 g/mol. The minimum absolute atomic E-state index is 0.0336. The lowest BCUT2D eigenvalue weighted by atomic mass is 9.93. The second-order valence-corrected chi connectivity index (χ2v) is 7.79. The van der Waals surface area contributed by atoms with E-state index in [2.05, 4.69) is 0 Å². The fourth-order valence-electron chi connectivity index (χ4n) is 3.10. The van der Waals surface area contributed by atoms with E-state index in [1.807, 2.05) is 29.2 Å². The van der Waals surface area contributed by atoms with Crippen LogP contribution in [0.4, 0.5) is 0 Å². The highest BCUT2D eigenvalue weighted by Crippen LogP contribution is 2.23. The Labute approximate surface area is 152 Å². The zero-order chi connectivity index (χ0) is 18.7. The van der Waals surface area contributed by atoms with Gasteiger partial charge < -0.3 is 10.5 Å². The van der Waals surface area contributed by atoms with E-state index in [-0.39, 0.29) is 16.8 Å². The van der Waals surface area contributed by atoms with Crippen LogP contribution in [-0.4, -0.2) is 38.4 Å². The van der Waals surface area contributed by atoms with Gasteiger partial charge in [0.2, 0.25) is 15.9 Å². The molecule has 8 heteroatoms. The second-order valence-electron chi connectivity index (χ2n) is 6.23. The molecule has 4 N–H and O–H groups in total. The number of primary sulfonamides is 1. The molecule has 2 aromatic rings. The molecule has 1 aliphatic rings. The van der Waals surface area contributed by atoms with Gasteiger partial charge in [-0.2, -0.15) is 0 Å². The summed E-state index contributed by atoms with van der Waals surface area (Å²) in [7, 11) is -3.72. The standard InChI is InChI=1S/C18H21N3O4S/c19-18(22)17-11-13-3-1-2-4-14(13)12-21(17)9-10-25-15-5-7-16(8-6-15)26(20,23)24/h1-8,17H,9-12H2,(H2,19,22)(H2,20,23,24)/t17-/m1/s1. The first-order valence-corrected chi connectivity index (χ1v) is 9.75. The molecule has 1 heterocycles. The molecule has 138 valence electrons. The Balaban J connectivity index is 1.62. The largest absolute Gasteiger partial charge is 0.492 e. The Kier molecular flexibility index (Phi) is 5.26. The number of rotatable bonds is 6. The highest BCUT2D eigenvalue weighted by atomic mass is 32.2. The molecule has 0 saturated heterocycles. The van der Waals surface area contributed by atoms with E-state index >= 15 is 0 Å². The Bertz CT molecular complexity index is 897. The molecule has 7 nitrogen and oxygen atoms in total. The number of hydrogen-bond donors (Lipinski definition) is 2. The minimum Gasteiger partial charge on any atom is -0.492 e. The number of carbonyl (C=O) groups is 1. The first-order valence-electron chi connectivity index (χ1n) is 8.20. The summed E-state index contributed by atoms with van der Waals surface area (Å²) in [6, 6.07) is 13.5. The number of amides is 1. The average Bonchev–Trinajstić information content (AvgIpc) is 2.60. The first-order chi connectivity index (χ1) is 12.3. The lowest BCUT2D eigenvalue weighted by Crippen LogP contribution is -2.49. The molecule has 3 rings (SSSR count). The number of benzene rings is 2. The molecule has 0 saturated carbocycles. The third kappa shape index (κ3) is 4.21. The van der Waals surface area contributed by atoms with Gasteiger partial charge in [-0.3, -0.25) is 9.69 Å². The van der Waals surface area contributed by atoms with Crippen LogP contribution in [0.5, 0.6) is 5.75 Å². The average molecular weight is 375 g/mol. The van der Waals surface area contributed by atoms with E-state index in [4.69, 9.17) is 15.6 Å². The van der Waals surface area contributed by atoms with Crippen LogP contribution in [0.2, 0.25) is 0 Å². The number of ether oxygens (including phenoxy) is 1. The maximum absolute atomic E-state index is 11.8. The molecule has 0 radical (unpaired) electrons. The van der Waals surface area contributed by atoms with Gasteiger partial charge in [-0.25, -0.2) is 13.6 Å². The zero-order valence-corrected chi connectivity index (χ0v) is 15.0. The van der Waals surface area contributed by atoms with Gasteiger partial charge in [0.1, 0.15) is 12.4 Å². The van der Waals surface area contributed by atoms with Crippen molar-refractivity contribution in [3.8, 4) is 5.75 Å². The van der Waals surface area contributed by atoms with Crippen molar-refractivity contribution >= 4 is 15.9 Å². The van der Waals surface area contributed by atoms with Crippen LogP contribution in [0.15, 0.2) is 53.4 Å². The van der Waals surface area contributed by atoms with Crippen molar-refractivity contribution in [3.63, 3.8) is 0 Å².